The highest BCUT2D eigenvalue weighted by molar-refractivity contribution is 7.89. The van der Waals surface area contributed by atoms with Crippen LogP contribution in [0.3, 0.4) is 0 Å². The van der Waals surface area contributed by atoms with Crippen LogP contribution in [-0.2, 0) is 19.6 Å². The van der Waals surface area contributed by atoms with E-state index in [4.69, 9.17) is 9.84 Å². The lowest BCUT2D eigenvalue weighted by atomic mass is 9.97. The molecule has 1 aliphatic heterocycles. The van der Waals surface area contributed by atoms with Gasteiger partial charge in [-0.25, -0.2) is 8.42 Å². The van der Waals surface area contributed by atoms with Crippen molar-refractivity contribution in [2.24, 2.45) is 5.92 Å². The second kappa shape index (κ2) is 6.49. The van der Waals surface area contributed by atoms with Crippen molar-refractivity contribution in [3.8, 4) is 0 Å². The van der Waals surface area contributed by atoms with Gasteiger partial charge in [-0.15, -0.1) is 0 Å². The maximum absolute atomic E-state index is 12.0. The Morgan fingerprint density at radius 2 is 2.17 bits per heavy atom. The zero-order valence-electron chi connectivity index (χ0n) is 10.8. The number of hydrogen-bond acceptors (Lipinski definition) is 4. The molecule has 1 heterocycles. The molecular formula is C11H21NO5S. The zero-order chi connectivity index (χ0) is 13.8. The van der Waals surface area contributed by atoms with Gasteiger partial charge in [-0.05, 0) is 18.8 Å². The second-order valence-corrected chi connectivity index (χ2v) is 6.80. The molecule has 1 rings (SSSR count). The Balaban J connectivity index is 2.54. The maximum Gasteiger partial charge on any atom is 0.303 e. The number of carboxylic acids is 1. The molecule has 0 amide bonds. The lowest BCUT2D eigenvalue weighted by Crippen LogP contribution is -2.47. The standard InChI is InChI=1S/C11H21NO5S/c1-9-5-6-12(8-10(9)17-2)18(15,16)7-3-4-11(13)14/h9-10H,3-8H2,1-2H3,(H,13,14). The Morgan fingerprint density at radius 3 is 2.72 bits per heavy atom. The molecule has 1 saturated heterocycles. The number of methoxy groups -OCH3 is 1. The van der Waals surface area contributed by atoms with E-state index in [2.05, 4.69) is 0 Å². The summed E-state index contributed by atoms with van der Waals surface area (Å²) in [4.78, 5) is 10.4. The maximum atomic E-state index is 12.0. The van der Waals surface area contributed by atoms with Crippen LogP contribution < -0.4 is 0 Å². The first kappa shape index (κ1) is 15.4. The molecule has 7 heteroatoms. The molecule has 106 valence electrons. The van der Waals surface area contributed by atoms with E-state index in [0.717, 1.165) is 6.42 Å². The Hall–Kier alpha value is -0.660. The first-order chi connectivity index (χ1) is 8.36. The van der Waals surface area contributed by atoms with Crippen molar-refractivity contribution >= 4 is 16.0 Å². The molecule has 0 aliphatic carbocycles. The first-order valence-electron chi connectivity index (χ1n) is 6.09. The minimum absolute atomic E-state index is 0.0759. The summed E-state index contributed by atoms with van der Waals surface area (Å²) in [5.41, 5.74) is 0. The van der Waals surface area contributed by atoms with Gasteiger partial charge in [0, 0.05) is 26.6 Å². The van der Waals surface area contributed by atoms with Crippen molar-refractivity contribution in [3.63, 3.8) is 0 Å². The Labute approximate surface area is 108 Å². The molecule has 0 aromatic rings. The van der Waals surface area contributed by atoms with E-state index >= 15 is 0 Å². The summed E-state index contributed by atoms with van der Waals surface area (Å²) < 4.78 is 30.7. The summed E-state index contributed by atoms with van der Waals surface area (Å²) in [5.74, 6) is -0.725. The number of sulfonamides is 1. The average molecular weight is 279 g/mol. The van der Waals surface area contributed by atoms with Crippen LogP contribution in [-0.4, -0.2) is 55.9 Å². The molecule has 0 saturated carbocycles. The molecule has 2 unspecified atom stereocenters. The lowest BCUT2D eigenvalue weighted by molar-refractivity contribution is -0.137. The predicted molar refractivity (Wildman–Crippen MR) is 66.8 cm³/mol. The zero-order valence-corrected chi connectivity index (χ0v) is 11.6. The number of nitrogens with zero attached hydrogens (tertiary/aromatic N) is 1. The summed E-state index contributed by atoms with van der Waals surface area (Å²) in [6, 6.07) is 0. The molecule has 1 fully saturated rings. The highest BCUT2D eigenvalue weighted by Crippen LogP contribution is 2.22. The van der Waals surface area contributed by atoms with Crippen LogP contribution >= 0.6 is 0 Å². The van der Waals surface area contributed by atoms with Crippen LogP contribution in [0, 0.1) is 5.92 Å². The van der Waals surface area contributed by atoms with Crippen LogP contribution in [0.2, 0.25) is 0 Å². The van der Waals surface area contributed by atoms with Crippen LogP contribution in [0.15, 0.2) is 0 Å². The average Bonchev–Trinajstić information content (AvgIpc) is 2.28. The second-order valence-electron chi connectivity index (χ2n) is 4.71. The molecule has 0 spiro atoms. The number of carbonyl (C=O) groups is 1. The van der Waals surface area contributed by atoms with Gasteiger partial charge in [-0.1, -0.05) is 6.92 Å². The number of aliphatic carboxylic acids is 1. The summed E-state index contributed by atoms with van der Waals surface area (Å²) in [6.07, 6.45) is 0.739. The molecule has 0 bridgehead atoms. The van der Waals surface area contributed by atoms with Gasteiger partial charge >= 0.3 is 5.97 Å². The summed E-state index contributed by atoms with van der Waals surface area (Å²) >= 11 is 0. The molecule has 0 aromatic heterocycles. The topological polar surface area (TPSA) is 83.9 Å². The number of hydrogen-bond donors (Lipinski definition) is 1. The third kappa shape index (κ3) is 4.22. The van der Waals surface area contributed by atoms with E-state index in [1.807, 2.05) is 6.92 Å². The van der Waals surface area contributed by atoms with Crippen molar-refractivity contribution in [1.82, 2.24) is 4.31 Å². The molecule has 1 aliphatic rings. The highest BCUT2D eigenvalue weighted by atomic mass is 32.2. The van der Waals surface area contributed by atoms with Gasteiger partial charge in [-0.2, -0.15) is 4.31 Å². The molecule has 6 nitrogen and oxygen atoms in total. The number of ether oxygens (including phenoxy) is 1. The number of piperidine rings is 1. The Kier molecular flexibility index (Phi) is 5.55. The molecule has 0 radical (unpaired) electrons. The van der Waals surface area contributed by atoms with Gasteiger partial charge in [0.15, 0.2) is 0 Å². The number of carboxylic acid groups (broad SMARTS) is 1. The Morgan fingerprint density at radius 1 is 1.50 bits per heavy atom. The quantitative estimate of drug-likeness (QED) is 0.767. The van der Waals surface area contributed by atoms with Crippen molar-refractivity contribution in [1.29, 1.82) is 0 Å². The summed E-state index contributed by atoms with van der Waals surface area (Å²) in [7, 11) is -1.77. The minimum Gasteiger partial charge on any atom is -0.481 e. The summed E-state index contributed by atoms with van der Waals surface area (Å²) in [5, 5.41) is 8.51. The van der Waals surface area contributed by atoms with Crippen LogP contribution in [0.5, 0.6) is 0 Å². The SMILES string of the molecule is COC1CN(S(=O)(=O)CCCC(=O)O)CCC1C. The summed E-state index contributed by atoms with van der Waals surface area (Å²) in [6.45, 7) is 2.91. The van der Waals surface area contributed by atoms with E-state index in [1.165, 1.54) is 4.31 Å². The smallest absolute Gasteiger partial charge is 0.303 e. The normalized spacial score (nSPS) is 26.1. The highest BCUT2D eigenvalue weighted by Gasteiger charge is 2.32. The van der Waals surface area contributed by atoms with E-state index in [9.17, 15) is 13.2 Å². The van der Waals surface area contributed by atoms with Crippen molar-refractivity contribution < 1.29 is 23.1 Å². The molecule has 18 heavy (non-hydrogen) atoms. The van der Waals surface area contributed by atoms with Gasteiger partial charge in [-0.3, -0.25) is 4.79 Å². The van der Waals surface area contributed by atoms with E-state index in [-0.39, 0.29) is 24.7 Å². The first-order valence-corrected chi connectivity index (χ1v) is 7.70. The minimum atomic E-state index is -3.36. The number of rotatable bonds is 6. The van der Waals surface area contributed by atoms with Crippen molar-refractivity contribution in [2.45, 2.75) is 32.3 Å². The van der Waals surface area contributed by atoms with Gasteiger partial charge in [0.2, 0.25) is 10.0 Å². The van der Waals surface area contributed by atoms with Gasteiger partial charge in [0.25, 0.3) is 0 Å². The van der Waals surface area contributed by atoms with E-state index in [0.29, 0.717) is 19.0 Å². The van der Waals surface area contributed by atoms with Gasteiger partial charge in [0.1, 0.15) is 0 Å². The van der Waals surface area contributed by atoms with E-state index in [1.54, 1.807) is 7.11 Å². The Bertz CT molecular complexity index is 381. The van der Waals surface area contributed by atoms with Crippen LogP contribution in [0.4, 0.5) is 0 Å². The fourth-order valence-corrected chi connectivity index (χ4v) is 3.62. The molecular weight excluding hydrogens is 258 g/mol. The third-order valence-electron chi connectivity index (χ3n) is 3.34. The molecule has 2 atom stereocenters. The third-order valence-corrected chi connectivity index (χ3v) is 5.26. The van der Waals surface area contributed by atoms with E-state index < -0.39 is 16.0 Å². The van der Waals surface area contributed by atoms with Crippen LogP contribution in [0.25, 0.3) is 0 Å². The lowest BCUT2D eigenvalue weighted by Gasteiger charge is -2.35. The van der Waals surface area contributed by atoms with Crippen molar-refractivity contribution in [3.05, 3.63) is 0 Å². The van der Waals surface area contributed by atoms with Gasteiger partial charge in [0.05, 0.1) is 11.9 Å². The fourth-order valence-electron chi connectivity index (χ4n) is 2.10. The monoisotopic (exact) mass is 279 g/mol. The predicted octanol–water partition coefficient (Wildman–Crippen LogP) is 0.538. The molecule has 0 aromatic carbocycles. The van der Waals surface area contributed by atoms with Crippen LogP contribution in [0.1, 0.15) is 26.2 Å². The van der Waals surface area contributed by atoms with Crippen molar-refractivity contribution in [2.75, 3.05) is 26.0 Å². The largest absolute Gasteiger partial charge is 0.481 e. The fraction of sp³-hybridized carbons (Fsp3) is 0.909. The molecule has 1 N–H and O–H groups in total. The van der Waals surface area contributed by atoms with Gasteiger partial charge < -0.3 is 9.84 Å².